The maximum absolute atomic E-state index is 14.1. The van der Waals surface area contributed by atoms with E-state index in [4.69, 9.17) is 11.6 Å². The van der Waals surface area contributed by atoms with Crippen LogP contribution in [0, 0.1) is 11.6 Å². The Hall–Kier alpha value is -3.58. The Morgan fingerprint density at radius 3 is 2.45 bits per heavy atom. The van der Waals surface area contributed by atoms with E-state index in [1.165, 1.54) is 48.8 Å². The molecule has 2 aromatic carbocycles. The van der Waals surface area contributed by atoms with Gasteiger partial charge in [-0.1, -0.05) is 29.8 Å². The third kappa shape index (κ3) is 3.86. The highest BCUT2D eigenvalue weighted by atomic mass is 35.5. The number of hydrogen-bond donors (Lipinski definition) is 2. The maximum Gasteiger partial charge on any atom is 0.274 e. The lowest BCUT2D eigenvalue weighted by Gasteiger charge is -2.06. The fraction of sp³-hybridized carbons (Fsp3) is 0. The molecule has 0 saturated carbocycles. The van der Waals surface area contributed by atoms with Gasteiger partial charge < -0.3 is 10.3 Å². The number of aromatic nitrogens is 3. The summed E-state index contributed by atoms with van der Waals surface area (Å²) in [6.07, 6.45) is 2.99. The number of benzene rings is 2. The van der Waals surface area contributed by atoms with Crippen LogP contribution in [0.1, 0.15) is 10.5 Å². The Morgan fingerprint density at radius 1 is 0.931 bits per heavy atom. The Labute approximate surface area is 169 Å². The van der Waals surface area contributed by atoms with Crippen LogP contribution in [0.15, 0.2) is 67.0 Å². The van der Waals surface area contributed by atoms with Gasteiger partial charge in [0.1, 0.15) is 23.2 Å². The van der Waals surface area contributed by atoms with E-state index in [9.17, 15) is 13.6 Å². The first kappa shape index (κ1) is 18.8. The second-order valence-electron chi connectivity index (χ2n) is 6.11. The lowest BCUT2D eigenvalue weighted by molar-refractivity contribution is 0.102. The van der Waals surface area contributed by atoms with Crippen molar-refractivity contribution in [2.45, 2.75) is 0 Å². The number of carbonyl (C=O) groups excluding carboxylic acids is 1. The molecule has 0 spiro atoms. The van der Waals surface area contributed by atoms with E-state index in [1.54, 1.807) is 18.2 Å². The average molecular weight is 411 g/mol. The molecule has 4 rings (SSSR count). The smallest absolute Gasteiger partial charge is 0.274 e. The highest BCUT2D eigenvalue weighted by Crippen LogP contribution is 2.30. The van der Waals surface area contributed by atoms with Crippen molar-refractivity contribution >= 4 is 23.2 Å². The van der Waals surface area contributed by atoms with Gasteiger partial charge in [-0.15, -0.1) is 0 Å². The van der Waals surface area contributed by atoms with E-state index in [1.807, 2.05) is 0 Å². The van der Waals surface area contributed by atoms with Crippen LogP contribution in [-0.4, -0.2) is 20.9 Å². The third-order valence-corrected chi connectivity index (χ3v) is 4.52. The summed E-state index contributed by atoms with van der Waals surface area (Å²) in [4.78, 5) is 23.6. The van der Waals surface area contributed by atoms with E-state index in [0.717, 1.165) is 0 Å². The molecule has 0 bridgehead atoms. The van der Waals surface area contributed by atoms with Crippen LogP contribution in [-0.2, 0) is 0 Å². The average Bonchev–Trinajstić information content (AvgIpc) is 3.19. The summed E-state index contributed by atoms with van der Waals surface area (Å²) in [6, 6.07) is 13.4. The predicted molar refractivity (Wildman–Crippen MR) is 107 cm³/mol. The fourth-order valence-electron chi connectivity index (χ4n) is 2.76. The number of pyridine rings is 1. The molecule has 5 nitrogen and oxygen atoms in total. The molecule has 1 amide bonds. The van der Waals surface area contributed by atoms with Crippen LogP contribution in [0.2, 0.25) is 5.02 Å². The van der Waals surface area contributed by atoms with Gasteiger partial charge in [0, 0.05) is 11.8 Å². The summed E-state index contributed by atoms with van der Waals surface area (Å²) in [5, 5.41) is 2.71. The van der Waals surface area contributed by atoms with Crippen LogP contribution in [0.3, 0.4) is 0 Å². The number of nitrogens with one attached hydrogen (secondary N) is 2. The highest BCUT2D eigenvalue weighted by Gasteiger charge is 2.15. The molecule has 8 heteroatoms. The molecule has 0 aliphatic heterocycles. The normalized spacial score (nSPS) is 10.7. The summed E-state index contributed by atoms with van der Waals surface area (Å²) in [5.74, 6) is -1.28. The van der Waals surface area contributed by atoms with Gasteiger partial charge in [-0.3, -0.25) is 9.78 Å². The van der Waals surface area contributed by atoms with Crippen molar-refractivity contribution in [3.8, 4) is 22.6 Å². The Morgan fingerprint density at radius 2 is 1.72 bits per heavy atom. The van der Waals surface area contributed by atoms with Crippen LogP contribution in [0.5, 0.6) is 0 Å². The number of nitrogens with zero attached hydrogens (tertiary/aromatic N) is 2. The number of aromatic amines is 1. The fourth-order valence-corrected chi connectivity index (χ4v) is 3.01. The number of H-pyrrole nitrogens is 1. The molecule has 2 aromatic heterocycles. The van der Waals surface area contributed by atoms with E-state index in [0.29, 0.717) is 11.3 Å². The number of rotatable bonds is 4. The minimum Gasteiger partial charge on any atom is -0.338 e. The SMILES string of the molecule is O=C(Nc1ccccc1F)c1ccc(-c2cnc(-c3c(F)cccc3Cl)[nH]2)cn1. The van der Waals surface area contributed by atoms with Crippen molar-refractivity contribution in [2.24, 2.45) is 0 Å². The molecule has 0 unspecified atom stereocenters. The zero-order valence-electron chi connectivity index (χ0n) is 14.8. The summed E-state index contributed by atoms with van der Waals surface area (Å²) in [7, 11) is 0. The Kier molecular flexibility index (Phi) is 5.05. The van der Waals surface area contributed by atoms with Crippen LogP contribution >= 0.6 is 11.6 Å². The lowest BCUT2D eigenvalue weighted by Crippen LogP contribution is -2.14. The molecule has 4 aromatic rings. The van der Waals surface area contributed by atoms with Crippen molar-refractivity contribution in [2.75, 3.05) is 5.32 Å². The molecule has 0 aliphatic rings. The van der Waals surface area contributed by atoms with Gasteiger partial charge in [0.2, 0.25) is 0 Å². The highest BCUT2D eigenvalue weighted by molar-refractivity contribution is 6.33. The zero-order valence-corrected chi connectivity index (χ0v) is 15.5. The number of hydrogen-bond acceptors (Lipinski definition) is 3. The summed E-state index contributed by atoms with van der Waals surface area (Å²) in [5.41, 5.74) is 1.58. The lowest BCUT2D eigenvalue weighted by atomic mass is 10.2. The van der Waals surface area contributed by atoms with Gasteiger partial charge >= 0.3 is 0 Å². The van der Waals surface area contributed by atoms with E-state index in [2.05, 4.69) is 20.3 Å². The van der Waals surface area contributed by atoms with Crippen molar-refractivity contribution in [3.63, 3.8) is 0 Å². The van der Waals surface area contributed by atoms with Crippen molar-refractivity contribution in [1.29, 1.82) is 0 Å². The van der Waals surface area contributed by atoms with Gasteiger partial charge in [-0.2, -0.15) is 0 Å². The van der Waals surface area contributed by atoms with E-state index >= 15 is 0 Å². The van der Waals surface area contributed by atoms with E-state index < -0.39 is 17.5 Å². The van der Waals surface area contributed by atoms with Gasteiger partial charge in [-0.25, -0.2) is 13.8 Å². The molecule has 144 valence electrons. The van der Waals surface area contributed by atoms with Gasteiger partial charge in [0.15, 0.2) is 0 Å². The largest absolute Gasteiger partial charge is 0.338 e. The summed E-state index contributed by atoms with van der Waals surface area (Å²) < 4.78 is 27.7. The maximum atomic E-state index is 14.1. The van der Waals surface area contributed by atoms with Gasteiger partial charge in [0.25, 0.3) is 5.91 Å². The molecule has 2 N–H and O–H groups in total. The Bertz CT molecular complexity index is 1170. The minimum atomic E-state index is -0.537. The summed E-state index contributed by atoms with van der Waals surface area (Å²) in [6.45, 7) is 0. The number of carbonyl (C=O) groups is 1. The van der Waals surface area contributed by atoms with Gasteiger partial charge in [-0.05, 0) is 36.4 Å². The third-order valence-electron chi connectivity index (χ3n) is 4.20. The van der Waals surface area contributed by atoms with Crippen LogP contribution in [0.4, 0.5) is 14.5 Å². The van der Waals surface area contributed by atoms with Crippen LogP contribution < -0.4 is 5.32 Å². The van der Waals surface area contributed by atoms with Crippen molar-refractivity contribution < 1.29 is 13.6 Å². The van der Waals surface area contributed by atoms with Crippen molar-refractivity contribution in [3.05, 3.63) is 89.3 Å². The standard InChI is InChI=1S/C21H13ClF2N4O/c22-13-4-3-6-15(24)19(13)20-26-11-18(27-20)12-8-9-17(25-10-12)21(29)28-16-7-2-1-5-14(16)23/h1-11H,(H,26,27)(H,28,29). The molecule has 0 radical (unpaired) electrons. The number of anilines is 1. The van der Waals surface area contributed by atoms with E-state index in [-0.39, 0.29) is 27.8 Å². The predicted octanol–water partition coefficient (Wildman–Crippen LogP) is 5.32. The van der Waals surface area contributed by atoms with Gasteiger partial charge in [0.05, 0.1) is 28.2 Å². The molecule has 0 atom stereocenters. The monoisotopic (exact) mass is 410 g/mol. The Balaban J connectivity index is 1.55. The first-order valence-electron chi connectivity index (χ1n) is 8.54. The zero-order chi connectivity index (χ0) is 20.4. The second-order valence-corrected chi connectivity index (χ2v) is 6.52. The number of halogens is 3. The quantitative estimate of drug-likeness (QED) is 0.478. The number of para-hydroxylation sites is 1. The molecule has 2 heterocycles. The molecule has 0 saturated heterocycles. The van der Waals surface area contributed by atoms with Crippen molar-refractivity contribution in [1.82, 2.24) is 15.0 Å². The second kappa shape index (κ2) is 7.81. The minimum absolute atomic E-state index is 0.0725. The molecule has 0 aliphatic carbocycles. The summed E-state index contributed by atoms with van der Waals surface area (Å²) >= 11 is 6.07. The first-order valence-corrected chi connectivity index (χ1v) is 8.92. The molecule has 0 fully saturated rings. The number of imidazole rings is 1. The molecular weight excluding hydrogens is 398 g/mol. The molecule has 29 heavy (non-hydrogen) atoms. The molecular formula is C21H13ClF2N4O. The number of amides is 1. The first-order chi connectivity index (χ1) is 14.0. The topological polar surface area (TPSA) is 70.7 Å². The van der Waals surface area contributed by atoms with Crippen LogP contribution in [0.25, 0.3) is 22.6 Å².